The van der Waals surface area contributed by atoms with Gasteiger partial charge in [0.15, 0.2) is 0 Å². The maximum Gasteiger partial charge on any atom is 0.326 e. The van der Waals surface area contributed by atoms with Crippen molar-refractivity contribution in [2.24, 2.45) is 0 Å². The molecule has 0 aliphatic rings. The number of hydrogen-bond donors (Lipinski definition) is 2. The second-order valence-corrected chi connectivity index (χ2v) is 6.58. The van der Waals surface area contributed by atoms with E-state index >= 15 is 0 Å². The van der Waals surface area contributed by atoms with E-state index in [1.165, 1.54) is 14.2 Å². The summed E-state index contributed by atoms with van der Waals surface area (Å²) in [5.74, 6) is -0.0130. The molecule has 0 aliphatic carbocycles. The first-order valence-electron chi connectivity index (χ1n) is 8.60. The summed E-state index contributed by atoms with van der Waals surface area (Å²) >= 11 is 3.34. The third kappa shape index (κ3) is 4.60. The van der Waals surface area contributed by atoms with Gasteiger partial charge in [0.05, 0.1) is 18.7 Å². The number of ether oxygens (including phenoxy) is 2. The molecule has 0 spiro atoms. The molecule has 0 bridgehead atoms. The minimum atomic E-state index is -0.616. The first-order valence-corrected chi connectivity index (χ1v) is 9.39. The van der Waals surface area contributed by atoms with E-state index in [0.29, 0.717) is 16.0 Å². The lowest BCUT2D eigenvalue weighted by Crippen LogP contribution is -2.35. The highest BCUT2D eigenvalue weighted by Gasteiger charge is 2.23. The van der Waals surface area contributed by atoms with Gasteiger partial charge in [-0.3, -0.25) is 10.1 Å². The fourth-order valence-corrected chi connectivity index (χ4v) is 3.33. The molecule has 0 atom stereocenters. The van der Waals surface area contributed by atoms with Crippen molar-refractivity contribution in [2.45, 2.75) is 26.7 Å². The Morgan fingerprint density at radius 1 is 1.00 bits per heavy atom. The van der Waals surface area contributed by atoms with Crippen LogP contribution in [-0.4, -0.2) is 26.2 Å². The summed E-state index contributed by atoms with van der Waals surface area (Å²) in [5.41, 5.74) is 2.90. The number of urea groups is 1. The summed E-state index contributed by atoms with van der Waals surface area (Å²) in [6.45, 7) is 4.03. The lowest BCUT2D eigenvalue weighted by Gasteiger charge is -2.16. The minimum Gasteiger partial charge on any atom is -0.496 e. The van der Waals surface area contributed by atoms with Crippen molar-refractivity contribution in [3.8, 4) is 11.5 Å². The van der Waals surface area contributed by atoms with Crippen molar-refractivity contribution in [3.63, 3.8) is 0 Å². The fraction of sp³-hybridized carbons (Fsp3) is 0.300. The number of rotatable bonds is 6. The number of nitrogens with one attached hydrogen (secondary N) is 2. The number of imide groups is 1. The molecule has 7 heteroatoms. The van der Waals surface area contributed by atoms with Gasteiger partial charge < -0.3 is 14.8 Å². The van der Waals surface area contributed by atoms with E-state index in [4.69, 9.17) is 9.47 Å². The predicted molar refractivity (Wildman–Crippen MR) is 109 cm³/mol. The molecule has 144 valence electrons. The number of carbonyl (C=O) groups excluding carboxylic acids is 2. The third-order valence-corrected chi connectivity index (χ3v) is 4.81. The number of hydrogen-bond acceptors (Lipinski definition) is 4. The molecule has 0 radical (unpaired) electrons. The summed E-state index contributed by atoms with van der Waals surface area (Å²) < 4.78 is 11.1. The maximum absolute atomic E-state index is 12.7. The van der Waals surface area contributed by atoms with Gasteiger partial charge in [-0.2, -0.15) is 0 Å². The molecule has 0 aromatic heterocycles. The predicted octanol–water partition coefficient (Wildman–Crippen LogP) is 4.55. The van der Waals surface area contributed by atoms with Crippen LogP contribution in [-0.2, 0) is 12.8 Å². The molecule has 0 heterocycles. The molecule has 0 unspecified atom stereocenters. The van der Waals surface area contributed by atoms with Crippen LogP contribution in [0.4, 0.5) is 10.5 Å². The van der Waals surface area contributed by atoms with E-state index < -0.39 is 11.9 Å². The Morgan fingerprint density at radius 3 is 2.15 bits per heavy atom. The highest BCUT2D eigenvalue weighted by molar-refractivity contribution is 9.10. The number of amides is 3. The zero-order valence-corrected chi connectivity index (χ0v) is 17.4. The number of aryl methyl sites for hydroxylation is 2. The van der Waals surface area contributed by atoms with Gasteiger partial charge in [-0.15, -0.1) is 0 Å². The van der Waals surface area contributed by atoms with Gasteiger partial charge in [-0.25, -0.2) is 4.79 Å². The Balaban J connectivity index is 2.28. The Hall–Kier alpha value is -2.54. The molecule has 2 aromatic carbocycles. The molecule has 2 N–H and O–H groups in total. The molecule has 2 rings (SSSR count). The summed E-state index contributed by atoms with van der Waals surface area (Å²) in [4.78, 5) is 25.2. The Labute approximate surface area is 167 Å². The van der Waals surface area contributed by atoms with Crippen LogP contribution in [0.3, 0.4) is 0 Å². The number of carbonyl (C=O) groups is 2. The average molecular weight is 435 g/mol. The molecule has 27 heavy (non-hydrogen) atoms. The van der Waals surface area contributed by atoms with Crippen molar-refractivity contribution in [1.29, 1.82) is 0 Å². The van der Waals surface area contributed by atoms with Crippen molar-refractivity contribution in [3.05, 3.63) is 51.5 Å². The molecule has 0 fully saturated rings. The monoisotopic (exact) mass is 434 g/mol. The van der Waals surface area contributed by atoms with Gasteiger partial charge in [-0.05, 0) is 52.0 Å². The van der Waals surface area contributed by atoms with Crippen LogP contribution < -0.4 is 20.1 Å². The first-order chi connectivity index (χ1) is 13.0. The molecule has 0 aliphatic heterocycles. The number of benzene rings is 2. The van der Waals surface area contributed by atoms with Crippen molar-refractivity contribution >= 4 is 33.6 Å². The molecule has 2 aromatic rings. The summed E-state index contributed by atoms with van der Waals surface area (Å²) in [6.07, 6.45) is 1.54. The third-order valence-electron chi connectivity index (χ3n) is 4.19. The SMILES string of the molecule is CCc1cccc(CC)c1NC(=O)NC(=O)c1c(OC)ccc(Br)c1OC. The quantitative estimate of drug-likeness (QED) is 0.698. The van der Waals surface area contributed by atoms with Gasteiger partial charge in [-0.1, -0.05) is 32.0 Å². The van der Waals surface area contributed by atoms with Crippen LogP contribution in [0.5, 0.6) is 11.5 Å². The Morgan fingerprint density at radius 2 is 1.63 bits per heavy atom. The van der Waals surface area contributed by atoms with Gasteiger partial charge >= 0.3 is 6.03 Å². The molecule has 6 nitrogen and oxygen atoms in total. The van der Waals surface area contributed by atoms with Crippen molar-refractivity contribution < 1.29 is 19.1 Å². The van der Waals surface area contributed by atoms with Gasteiger partial charge in [0, 0.05) is 5.69 Å². The van der Waals surface area contributed by atoms with Crippen molar-refractivity contribution in [1.82, 2.24) is 5.32 Å². The smallest absolute Gasteiger partial charge is 0.326 e. The largest absolute Gasteiger partial charge is 0.496 e. The zero-order chi connectivity index (χ0) is 20.0. The molecular weight excluding hydrogens is 412 g/mol. The summed E-state index contributed by atoms with van der Waals surface area (Å²) in [6, 6.07) is 8.59. The average Bonchev–Trinajstić information content (AvgIpc) is 2.67. The van der Waals surface area contributed by atoms with Crippen LogP contribution in [0.25, 0.3) is 0 Å². The molecule has 0 saturated heterocycles. The van der Waals surface area contributed by atoms with E-state index in [2.05, 4.69) is 26.6 Å². The lowest BCUT2D eigenvalue weighted by atomic mass is 10.0. The number of methoxy groups -OCH3 is 2. The van der Waals surface area contributed by atoms with E-state index in [-0.39, 0.29) is 5.56 Å². The Bertz CT molecular complexity index is 830. The highest BCUT2D eigenvalue weighted by Crippen LogP contribution is 2.35. The fourth-order valence-electron chi connectivity index (χ4n) is 2.84. The summed E-state index contributed by atoms with van der Waals surface area (Å²) in [5, 5.41) is 5.16. The number of anilines is 1. The van der Waals surface area contributed by atoms with Crippen LogP contribution >= 0.6 is 15.9 Å². The minimum absolute atomic E-state index is 0.143. The van der Waals surface area contributed by atoms with Crippen LogP contribution in [0, 0.1) is 0 Å². The van der Waals surface area contributed by atoms with E-state index in [1.54, 1.807) is 12.1 Å². The van der Waals surface area contributed by atoms with Gasteiger partial charge in [0.1, 0.15) is 17.1 Å². The normalized spacial score (nSPS) is 10.3. The topological polar surface area (TPSA) is 76.7 Å². The highest BCUT2D eigenvalue weighted by atomic mass is 79.9. The molecule has 0 saturated carbocycles. The van der Waals surface area contributed by atoms with Gasteiger partial charge in [0.2, 0.25) is 0 Å². The van der Waals surface area contributed by atoms with Crippen LogP contribution in [0.15, 0.2) is 34.8 Å². The second kappa shape index (κ2) is 9.41. The number of halogens is 1. The second-order valence-electron chi connectivity index (χ2n) is 5.72. The van der Waals surface area contributed by atoms with Crippen LogP contribution in [0.1, 0.15) is 35.3 Å². The Kier molecular flexibility index (Phi) is 7.24. The standard InChI is InChI=1S/C20H23BrN2O4/c1-5-12-8-7-9-13(6-2)17(12)22-20(25)23-19(24)16-15(26-3)11-10-14(21)18(16)27-4/h7-11H,5-6H2,1-4H3,(H2,22,23,24,25). The molecule has 3 amide bonds. The van der Waals surface area contributed by atoms with Crippen LogP contribution in [0.2, 0.25) is 0 Å². The lowest BCUT2D eigenvalue weighted by molar-refractivity contribution is 0.0961. The number of para-hydroxylation sites is 1. The van der Waals surface area contributed by atoms with Crippen molar-refractivity contribution in [2.75, 3.05) is 19.5 Å². The van der Waals surface area contributed by atoms with Gasteiger partial charge in [0.25, 0.3) is 5.91 Å². The molecular formula is C20H23BrN2O4. The first kappa shape index (κ1) is 20.8. The maximum atomic E-state index is 12.7. The van der Waals surface area contributed by atoms with E-state index in [1.807, 2.05) is 32.0 Å². The van der Waals surface area contributed by atoms with E-state index in [9.17, 15) is 9.59 Å². The summed E-state index contributed by atoms with van der Waals surface area (Å²) in [7, 11) is 2.89. The van der Waals surface area contributed by atoms with E-state index in [0.717, 1.165) is 29.7 Å². The zero-order valence-electron chi connectivity index (χ0n) is 15.8.